The summed E-state index contributed by atoms with van der Waals surface area (Å²) in [6, 6.07) is 26.7. The van der Waals surface area contributed by atoms with Gasteiger partial charge in [-0.05, 0) is 64.4 Å². The third-order valence-corrected chi connectivity index (χ3v) is 6.00. The van der Waals surface area contributed by atoms with Crippen LogP contribution in [0.4, 0.5) is 0 Å². The van der Waals surface area contributed by atoms with Crippen molar-refractivity contribution >= 4 is 23.2 Å². The molecule has 0 unspecified atom stereocenters. The van der Waals surface area contributed by atoms with Gasteiger partial charge in [0.15, 0.2) is 0 Å². The Morgan fingerprint density at radius 3 is 2.18 bits per heavy atom. The molecule has 3 aromatic carbocycles. The zero-order valence-corrected chi connectivity index (χ0v) is 18.7. The zero-order valence-electron chi connectivity index (χ0n) is 17.9. The summed E-state index contributed by atoms with van der Waals surface area (Å²) in [5.74, 6) is 0.602. The molecule has 0 saturated heterocycles. The number of carboxylic acids is 1. The first kappa shape index (κ1) is 22.3. The number of para-hydroxylation sites is 1. The second-order valence-electron chi connectivity index (χ2n) is 7.53. The standard InChI is InChI=1S/C27H23NO4S/c29-26(30)16-20-8-6-19(7-9-20)14-15-28-27(31)25-17-22(18-33-25)21-10-12-24(13-11-21)32-23-4-2-1-3-5-23/h1-13,17-18H,14-16H2,(H,28,31)(H,29,30). The predicted molar refractivity (Wildman–Crippen MR) is 130 cm³/mol. The molecule has 166 valence electrons. The molecule has 1 heterocycles. The van der Waals surface area contributed by atoms with Gasteiger partial charge in [0.25, 0.3) is 5.91 Å². The van der Waals surface area contributed by atoms with Crippen LogP contribution in [0.3, 0.4) is 0 Å². The van der Waals surface area contributed by atoms with Crippen molar-refractivity contribution in [3.8, 4) is 22.6 Å². The Bertz CT molecular complexity index is 1220. The second kappa shape index (κ2) is 10.6. The number of aliphatic carboxylic acids is 1. The van der Waals surface area contributed by atoms with E-state index in [9.17, 15) is 9.59 Å². The molecule has 0 atom stereocenters. The number of nitrogens with one attached hydrogen (secondary N) is 1. The fraction of sp³-hybridized carbons (Fsp3) is 0.111. The van der Waals surface area contributed by atoms with Crippen molar-refractivity contribution in [2.24, 2.45) is 0 Å². The maximum Gasteiger partial charge on any atom is 0.307 e. The zero-order chi connectivity index (χ0) is 23.0. The molecule has 4 aromatic rings. The highest BCUT2D eigenvalue weighted by atomic mass is 32.1. The number of carbonyl (C=O) groups is 2. The monoisotopic (exact) mass is 457 g/mol. The van der Waals surface area contributed by atoms with Crippen molar-refractivity contribution in [1.82, 2.24) is 5.32 Å². The summed E-state index contributed by atoms with van der Waals surface area (Å²) in [5, 5.41) is 13.8. The number of carbonyl (C=O) groups excluding carboxylic acids is 1. The third-order valence-electron chi connectivity index (χ3n) is 5.07. The fourth-order valence-corrected chi connectivity index (χ4v) is 4.18. The number of benzene rings is 3. The number of rotatable bonds is 9. The highest BCUT2D eigenvalue weighted by Gasteiger charge is 2.10. The van der Waals surface area contributed by atoms with Crippen molar-refractivity contribution in [1.29, 1.82) is 0 Å². The van der Waals surface area contributed by atoms with Crippen LogP contribution < -0.4 is 10.1 Å². The van der Waals surface area contributed by atoms with Crippen LogP contribution in [0.15, 0.2) is 90.3 Å². The Morgan fingerprint density at radius 1 is 0.818 bits per heavy atom. The molecule has 0 bridgehead atoms. The molecule has 0 fully saturated rings. The Morgan fingerprint density at radius 2 is 1.48 bits per heavy atom. The SMILES string of the molecule is O=C(O)Cc1ccc(CCNC(=O)c2cc(-c3ccc(Oc4ccccc4)cc3)cs2)cc1. The summed E-state index contributed by atoms with van der Waals surface area (Å²) in [5.41, 5.74) is 3.83. The van der Waals surface area contributed by atoms with Gasteiger partial charge in [-0.1, -0.05) is 54.6 Å². The van der Waals surface area contributed by atoms with E-state index < -0.39 is 5.97 Å². The van der Waals surface area contributed by atoms with Gasteiger partial charge in [0, 0.05) is 6.54 Å². The van der Waals surface area contributed by atoms with Gasteiger partial charge in [0.05, 0.1) is 11.3 Å². The van der Waals surface area contributed by atoms with Crippen LogP contribution in [0.2, 0.25) is 0 Å². The van der Waals surface area contributed by atoms with Crippen LogP contribution >= 0.6 is 11.3 Å². The molecular formula is C27H23NO4S. The predicted octanol–water partition coefficient (Wildman–Crippen LogP) is 5.81. The van der Waals surface area contributed by atoms with Crippen molar-refractivity contribution in [3.63, 3.8) is 0 Å². The molecule has 6 heteroatoms. The van der Waals surface area contributed by atoms with Crippen molar-refractivity contribution in [2.75, 3.05) is 6.54 Å². The van der Waals surface area contributed by atoms with E-state index in [-0.39, 0.29) is 12.3 Å². The number of amides is 1. The molecule has 0 aliphatic heterocycles. The van der Waals surface area contributed by atoms with Crippen molar-refractivity contribution < 1.29 is 19.4 Å². The maximum atomic E-state index is 12.5. The molecule has 33 heavy (non-hydrogen) atoms. The summed E-state index contributed by atoms with van der Waals surface area (Å²) in [6.45, 7) is 0.510. The van der Waals surface area contributed by atoms with Gasteiger partial charge in [0.2, 0.25) is 0 Å². The highest BCUT2D eigenvalue weighted by Crippen LogP contribution is 2.29. The van der Waals surface area contributed by atoms with Crippen LogP contribution in [0.5, 0.6) is 11.5 Å². The summed E-state index contributed by atoms with van der Waals surface area (Å²) < 4.78 is 5.83. The molecule has 1 amide bonds. The van der Waals surface area contributed by atoms with E-state index in [2.05, 4.69) is 5.32 Å². The van der Waals surface area contributed by atoms with Crippen LogP contribution in [0.25, 0.3) is 11.1 Å². The Labute approximate surface area is 196 Å². The van der Waals surface area contributed by atoms with Gasteiger partial charge in [-0.15, -0.1) is 11.3 Å². The molecule has 0 saturated carbocycles. The minimum Gasteiger partial charge on any atom is -0.481 e. The molecule has 0 spiro atoms. The van der Waals surface area contributed by atoms with Crippen LogP contribution in [-0.4, -0.2) is 23.5 Å². The number of hydrogen-bond donors (Lipinski definition) is 2. The average Bonchev–Trinajstić information content (AvgIpc) is 3.31. The van der Waals surface area contributed by atoms with E-state index in [0.29, 0.717) is 17.8 Å². The van der Waals surface area contributed by atoms with Crippen LogP contribution in [0, 0.1) is 0 Å². The largest absolute Gasteiger partial charge is 0.481 e. The van der Waals surface area contributed by atoms with Gasteiger partial charge in [-0.2, -0.15) is 0 Å². The number of hydrogen-bond acceptors (Lipinski definition) is 4. The highest BCUT2D eigenvalue weighted by molar-refractivity contribution is 7.12. The first-order valence-electron chi connectivity index (χ1n) is 10.6. The second-order valence-corrected chi connectivity index (χ2v) is 8.44. The summed E-state index contributed by atoms with van der Waals surface area (Å²) >= 11 is 1.41. The lowest BCUT2D eigenvalue weighted by molar-refractivity contribution is -0.136. The summed E-state index contributed by atoms with van der Waals surface area (Å²) in [7, 11) is 0. The quantitative estimate of drug-likeness (QED) is 0.333. The lowest BCUT2D eigenvalue weighted by Gasteiger charge is -2.06. The van der Waals surface area contributed by atoms with Gasteiger partial charge in [0.1, 0.15) is 11.5 Å². The van der Waals surface area contributed by atoms with Crippen molar-refractivity contribution in [2.45, 2.75) is 12.8 Å². The number of carboxylic acid groups (broad SMARTS) is 1. The summed E-state index contributed by atoms with van der Waals surface area (Å²) in [4.78, 5) is 23.9. The minimum atomic E-state index is -0.846. The first-order valence-corrected chi connectivity index (χ1v) is 11.4. The molecule has 2 N–H and O–H groups in total. The van der Waals surface area contributed by atoms with Crippen LogP contribution in [-0.2, 0) is 17.6 Å². The van der Waals surface area contributed by atoms with Gasteiger partial charge in [-0.25, -0.2) is 0 Å². The Kier molecular flexibility index (Phi) is 7.17. The van der Waals surface area contributed by atoms with E-state index in [1.165, 1.54) is 11.3 Å². The Hall–Kier alpha value is -3.90. The van der Waals surface area contributed by atoms with E-state index in [1.54, 1.807) is 0 Å². The van der Waals surface area contributed by atoms with Gasteiger partial charge >= 0.3 is 5.97 Å². The summed E-state index contributed by atoms with van der Waals surface area (Å²) in [6.07, 6.45) is 0.695. The average molecular weight is 458 g/mol. The number of ether oxygens (including phenoxy) is 1. The molecule has 0 aliphatic carbocycles. The van der Waals surface area contributed by atoms with E-state index in [4.69, 9.17) is 9.84 Å². The molecule has 1 aromatic heterocycles. The maximum absolute atomic E-state index is 12.5. The van der Waals surface area contributed by atoms with E-state index in [0.717, 1.165) is 33.8 Å². The van der Waals surface area contributed by atoms with Crippen molar-refractivity contribution in [3.05, 3.63) is 106 Å². The van der Waals surface area contributed by atoms with E-state index in [1.807, 2.05) is 90.3 Å². The normalized spacial score (nSPS) is 10.5. The Balaban J connectivity index is 1.29. The van der Waals surface area contributed by atoms with Crippen LogP contribution in [0.1, 0.15) is 20.8 Å². The lowest BCUT2D eigenvalue weighted by Crippen LogP contribution is -2.24. The first-order chi connectivity index (χ1) is 16.1. The molecule has 4 rings (SSSR count). The number of thiophene rings is 1. The topological polar surface area (TPSA) is 75.6 Å². The fourth-order valence-electron chi connectivity index (χ4n) is 3.35. The molecule has 0 aliphatic rings. The van der Waals surface area contributed by atoms with Gasteiger partial charge < -0.3 is 15.2 Å². The van der Waals surface area contributed by atoms with E-state index >= 15 is 0 Å². The molecule has 0 radical (unpaired) electrons. The third kappa shape index (κ3) is 6.30. The minimum absolute atomic E-state index is 0.0144. The molecular weight excluding hydrogens is 434 g/mol. The smallest absolute Gasteiger partial charge is 0.307 e. The lowest BCUT2D eigenvalue weighted by atomic mass is 10.1. The molecule has 5 nitrogen and oxygen atoms in total. The van der Waals surface area contributed by atoms with Gasteiger partial charge in [-0.3, -0.25) is 9.59 Å².